The Hall–Kier alpha value is -1.62. The molecular weight excluding hydrogens is 248 g/mol. The first kappa shape index (κ1) is 12.8. The molecule has 1 aromatic carbocycles. The van der Waals surface area contributed by atoms with Crippen LogP contribution in [0.15, 0.2) is 24.3 Å². The number of hydrogen-bond donors (Lipinski definition) is 2. The summed E-state index contributed by atoms with van der Waals surface area (Å²) in [6.45, 7) is 3.98. The standard InChI is InChI=1S/C13H16N2O2S/c1-13(2,8-7-11(16)17)15-12-14-9-5-3-4-6-10(9)18-12/h3-6H,7-8H2,1-2H3,(H,14,15)(H,16,17). The summed E-state index contributed by atoms with van der Waals surface area (Å²) in [5.74, 6) is -0.769. The maximum Gasteiger partial charge on any atom is 0.303 e. The third kappa shape index (κ3) is 3.20. The maximum absolute atomic E-state index is 10.6. The van der Waals surface area contributed by atoms with Crippen molar-refractivity contribution in [3.05, 3.63) is 24.3 Å². The van der Waals surface area contributed by atoms with Crippen molar-refractivity contribution >= 4 is 32.7 Å². The van der Waals surface area contributed by atoms with Gasteiger partial charge in [-0.3, -0.25) is 4.79 Å². The van der Waals surface area contributed by atoms with E-state index in [0.29, 0.717) is 6.42 Å². The fourth-order valence-corrected chi connectivity index (χ4v) is 2.74. The molecule has 0 bridgehead atoms. The van der Waals surface area contributed by atoms with Gasteiger partial charge in [-0.25, -0.2) is 4.98 Å². The van der Waals surface area contributed by atoms with E-state index in [1.165, 1.54) is 0 Å². The summed E-state index contributed by atoms with van der Waals surface area (Å²) in [6, 6.07) is 7.95. The zero-order chi connectivity index (χ0) is 13.2. The van der Waals surface area contributed by atoms with Crippen LogP contribution in [0, 0.1) is 0 Å². The number of aromatic nitrogens is 1. The van der Waals surface area contributed by atoms with Gasteiger partial charge < -0.3 is 10.4 Å². The maximum atomic E-state index is 10.6. The highest BCUT2D eigenvalue weighted by Crippen LogP contribution is 2.28. The number of fused-ring (bicyclic) bond motifs is 1. The number of nitrogens with one attached hydrogen (secondary N) is 1. The van der Waals surface area contributed by atoms with Crippen molar-refractivity contribution in [1.29, 1.82) is 0 Å². The molecule has 2 rings (SSSR count). The number of para-hydroxylation sites is 1. The molecule has 0 fully saturated rings. The molecule has 18 heavy (non-hydrogen) atoms. The second-order valence-electron chi connectivity index (χ2n) is 4.89. The van der Waals surface area contributed by atoms with Crippen LogP contribution in [-0.2, 0) is 4.79 Å². The van der Waals surface area contributed by atoms with Gasteiger partial charge in [-0.05, 0) is 32.4 Å². The van der Waals surface area contributed by atoms with Crippen LogP contribution in [0.3, 0.4) is 0 Å². The Kier molecular flexibility index (Phi) is 3.52. The first-order valence-electron chi connectivity index (χ1n) is 5.82. The van der Waals surface area contributed by atoms with Gasteiger partial charge in [0.25, 0.3) is 0 Å². The average molecular weight is 264 g/mol. The number of rotatable bonds is 5. The van der Waals surface area contributed by atoms with E-state index in [-0.39, 0.29) is 12.0 Å². The summed E-state index contributed by atoms with van der Waals surface area (Å²) in [7, 11) is 0. The Labute approximate surface area is 110 Å². The Morgan fingerprint density at radius 2 is 2.17 bits per heavy atom. The van der Waals surface area contributed by atoms with Crippen molar-refractivity contribution in [1.82, 2.24) is 4.98 Å². The van der Waals surface area contributed by atoms with Gasteiger partial charge in [-0.1, -0.05) is 23.5 Å². The predicted octanol–water partition coefficient (Wildman–Crippen LogP) is 3.35. The largest absolute Gasteiger partial charge is 0.481 e. The molecule has 2 aromatic rings. The van der Waals surface area contributed by atoms with Crippen LogP contribution in [0.25, 0.3) is 10.2 Å². The highest BCUT2D eigenvalue weighted by atomic mass is 32.1. The zero-order valence-corrected chi connectivity index (χ0v) is 11.3. The lowest BCUT2D eigenvalue weighted by atomic mass is 9.99. The van der Waals surface area contributed by atoms with Crippen LogP contribution < -0.4 is 5.32 Å². The Bertz CT molecular complexity index is 530. The Morgan fingerprint density at radius 1 is 1.44 bits per heavy atom. The van der Waals surface area contributed by atoms with Gasteiger partial charge in [0.1, 0.15) is 0 Å². The van der Waals surface area contributed by atoms with Crippen molar-refractivity contribution < 1.29 is 9.90 Å². The van der Waals surface area contributed by atoms with Gasteiger partial charge in [-0.15, -0.1) is 0 Å². The second kappa shape index (κ2) is 4.94. The molecular formula is C13H16N2O2S. The van der Waals surface area contributed by atoms with Gasteiger partial charge in [0, 0.05) is 12.0 Å². The number of hydrogen-bond acceptors (Lipinski definition) is 4. The topological polar surface area (TPSA) is 62.2 Å². The Balaban J connectivity index is 2.10. The van der Waals surface area contributed by atoms with Crippen LogP contribution in [0.4, 0.5) is 5.13 Å². The number of nitrogens with zero attached hydrogens (tertiary/aromatic N) is 1. The fraction of sp³-hybridized carbons (Fsp3) is 0.385. The molecule has 5 heteroatoms. The number of anilines is 1. The predicted molar refractivity (Wildman–Crippen MR) is 74.2 cm³/mol. The minimum absolute atomic E-state index is 0.158. The number of carboxylic acids is 1. The summed E-state index contributed by atoms with van der Waals surface area (Å²) in [4.78, 5) is 15.1. The monoisotopic (exact) mass is 264 g/mol. The van der Waals surface area contributed by atoms with E-state index in [9.17, 15) is 4.79 Å². The number of carbonyl (C=O) groups is 1. The second-order valence-corrected chi connectivity index (χ2v) is 5.92. The molecule has 0 saturated carbocycles. The molecule has 0 radical (unpaired) electrons. The quantitative estimate of drug-likeness (QED) is 0.869. The fourth-order valence-electron chi connectivity index (χ4n) is 1.70. The zero-order valence-electron chi connectivity index (χ0n) is 10.4. The van der Waals surface area contributed by atoms with Gasteiger partial charge in [0.2, 0.25) is 0 Å². The van der Waals surface area contributed by atoms with Crippen LogP contribution in [0.5, 0.6) is 0 Å². The van der Waals surface area contributed by atoms with Crippen molar-refractivity contribution in [2.24, 2.45) is 0 Å². The molecule has 96 valence electrons. The molecule has 2 N–H and O–H groups in total. The van der Waals surface area contributed by atoms with E-state index in [4.69, 9.17) is 5.11 Å². The van der Waals surface area contributed by atoms with E-state index < -0.39 is 5.97 Å². The Morgan fingerprint density at radius 3 is 2.83 bits per heavy atom. The van der Waals surface area contributed by atoms with E-state index in [1.54, 1.807) is 11.3 Å². The lowest BCUT2D eigenvalue weighted by molar-refractivity contribution is -0.137. The molecule has 1 aromatic heterocycles. The number of carboxylic acid groups (broad SMARTS) is 1. The lowest BCUT2D eigenvalue weighted by Gasteiger charge is -2.25. The highest BCUT2D eigenvalue weighted by Gasteiger charge is 2.20. The van der Waals surface area contributed by atoms with Crippen LogP contribution in [0.2, 0.25) is 0 Å². The van der Waals surface area contributed by atoms with Gasteiger partial charge in [-0.2, -0.15) is 0 Å². The smallest absolute Gasteiger partial charge is 0.303 e. The van der Waals surface area contributed by atoms with E-state index in [0.717, 1.165) is 15.3 Å². The molecule has 0 aliphatic carbocycles. The van der Waals surface area contributed by atoms with Crippen LogP contribution in [-0.4, -0.2) is 21.6 Å². The summed E-state index contributed by atoms with van der Waals surface area (Å²) in [5.41, 5.74) is 0.700. The molecule has 0 amide bonds. The average Bonchev–Trinajstić information content (AvgIpc) is 2.67. The van der Waals surface area contributed by atoms with E-state index in [1.807, 2.05) is 38.1 Å². The molecule has 4 nitrogen and oxygen atoms in total. The number of aliphatic carboxylic acids is 1. The molecule has 0 saturated heterocycles. The van der Waals surface area contributed by atoms with Crippen LogP contribution in [0.1, 0.15) is 26.7 Å². The number of thiazole rings is 1. The SMILES string of the molecule is CC(C)(CCC(=O)O)Nc1nc2ccccc2s1. The number of benzene rings is 1. The van der Waals surface area contributed by atoms with Crippen molar-refractivity contribution in [3.63, 3.8) is 0 Å². The van der Waals surface area contributed by atoms with E-state index in [2.05, 4.69) is 10.3 Å². The molecule has 0 aliphatic rings. The molecule has 1 heterocycles. The summed E-state index contributed by atoms with van der Waals surface area (Å²) >= 11 is 1.59. The normalized spacial score (nSPS) is 11.7. The third-order valence-corrected chi connectivity index (χ3v) is 3.65. The van der Waals surface area contributed by atoms with Crippen LogP contribution >= 0.6 is 11.3 Å². The van der Waals surface area contributed by atoms with Gasteiger partial charge in [0.15, 0.2) is 5.13 Å². The lowest BCUT2D eigenvalue weighted by Crippen LogP contribution is -2.31. The summed E-state index contributed by atoms with van der Waals surface area (Å²) in [6.07, 6.45) is 0.725. The van der Waals surface area contributed by atoms with E-state index >= 15 is 0 Å². The van der Waals surface area contributed by atoms with Crippen molar-refractivity contribution in [2.45, 2.75) is 32.2 Å². The first-order chi connectivity index (χ1) is 8.46. The first-order valence-corrected chi connectivity index (χ1v) is 6.63. The minimum Gasteiger partial charge on any atom is -0.481 e. The minimum atomic E-state index is -0.769. The molecule has 0 aliphatic heterocycles. The molecule has 0 atom stereocenters. The highest BCUT2D eigenvalue weighted by molar-refractivity contribution is 7.22. The van der Waals surface area contributed by atoms with Gasteiger partial charge >= 0.3 is 5.97 Å². The molecule has 0 spiro atoms. The van der Waals surface area contributed by atoms with Crippen molar-refractivity contribution in [3.8, 4) is 0 Å². The summed E-state index contributed by atoms with van der Waals surface area (Å²) < 4.78 is 1.13. The summed E-state index contributed by atoms with van der Waals surface area (Å²) in [5, 5.41) is 12.9. The van der Waals surface area contributed by atoms with Crippen molar-refractivity contribution in [2.75, 3.05) is 5.32 Å². The van der Waals surface area contributed by atoms with Gasteiger partial charge in [0.05, 0.1) is 10.2 Å². The third-order valence-electron chi connectivity index (χ3n) is 2.70. The molecule has 0 unspecified atom stereocenters.